The van der Waals surface area contributed by atoms with Crippen LogP contribution in [0.1, 0.15) is 16.8 Å². The van der Waals surface area contributed by atoms with Crippen molar-refractivity contribution in [2.75, 3.05) is 18.0 Å². The summed E-state index contributed by atoms with van der Waals surface area (Å²) in [5, 5.41) is 3.08. The fourth-order valence-corrected chi connectivity index (χ4v) is 3.24. The summed E-state index contributed by atoms with van der Waals surface area (Å²) in [6.45, 7) is 1.59. The molecule has 1 aromatic heterocycles. The number of carbonyl (C=O) groups is 1. The molecule has 0 saturated carbocycles. The zero-order chi connectivity index (χ0) is 19.3. The lowest BCUT2D eigenvalue weighted by atomic mass is 10.1. The first-order valence-electron chi connectivity index (χ1n) is 9.18. The summed E-state index contributed by atoms with van der Waals surface area (Å²) in [7, 11) is 0. The van der Waals surface area contributed by atoms with Crippen LogP contribution >= 0.6 is 0 Å². The number of benzene rings is 2. The Morgan fingerprint density at radius 1 is 1.07 bits per heavy atom. The molecule has 1 N–H and O–H groups in total. The van der Waals surface area contributed by atoms with Gasteiger partial charge in [-0.25, -0.2) is 9.37 Å². The Morgan fingerprint density at radius 3 is 2.71 bits per heavy atom. The summed E-state index contributed by atoms with van der Waals surface area (Å²) in [6.07, 6.45) is 2.64. The molecular formula is C22H20FN3O2. The Balaban J connectivity index is 1.38. The number of aromatic nitrogens is 1. The molecule has 142 valence electrons. The maximum Gasteiger partial charge on any atom is 0.251 e. The molecule has 0 radical (unpaired) electrons. The smallest absolute Gasteiger partial charge is 0.251 e. The third-order valence-electron chi connectivity index (χ3n) is 4.64. The van der Waals surface area contributed by atoms with Gasteiger partial charge in [-0.15, -0.1) is 0 Å². The molecular weight excluding hydrogens is 357 g/mol. The first kappa shape index (κ1) is 18.0. The van der Waals surface area contributed by atoms with E-state index < -0.39 is 0 Å². The van der Waals surface area contributed by atoms with Crippen LogP contribution < -0.4 is 15.0 Å². The topological polar surface area (TPSA) is 54.5 Å². The maximum atomic E-state index is 13.0. The van der Waals surface area contributed by atoms with Crippen molar-refractivity contribution in [2.24, 2.45) is 0 Å². The monoisotopic (exact) mass is 377 g/mol. The van der Waals surface area contributed by atoms with E-state index in [1.807, 2.05) is 18.2 Å². The summed E-state index contributed by atoms with van der Waals surface area (Å²) in [4.78, 5) is 19.2. The second kappa shape index (κ2) is 8.08. The van der Waals surface area contributed by atoms with Crippen LogP contribution in [0.3, 0.4) is 0 Å². The third kappa shape index (κ3) is 4.28. The summed E-state index contributed by atoms with van der Waals surface area (Å²) in [5.41, 5.74) is 0.524. The van der Waals surface area contributed by atoms with E-state index in [1.54, 1.807) is 42.6 Å². The molecule has 2 heterocycles. The molecule has 1 fully saturated rings. The molecule has 4 rings (SSSR count). The number of anilines is 1. The fourth-order valence-electron chi connectivity index (χ4n) is 3.24. The lowest BCUT2D eigenvalue weighted by molar-refractivity contribution is 0.0940. The molecule has 1 aliphatic heterocycles. The average Bonchev–Trinajstić information content (AvgIpc) is 3.19. The SMILES string of the molecule is O=C(N[C@H]1CCN(c2ccccn2)C1)c1cccc(Oc2ccc(F)cc2)c1. The highest BCUT2D eigenvalue weighted by molar-refractivity contribution is 5.94. The van der Waals surface area contributed by atoms with Gasteiger partial charge in [-0.2, -0.15) is 0 Å². The van der Waals surface area contributed by atoms with Crippen molar-refractivity contribution in [2.45, 2.75) is 12.5 Å². The van der Waals surface area contributed by atoms with Crippen LogP contribution in [-0.2, 0) is 0 Å². The molecule has 3 aromatic rings. The van der Waals surface area contributed by atoms with Crippen LogP contribution in [-0.4, -0.2) is 30.0 Å². The van der Waals surface area contributed by atoms with E-state index >= 15 is 0 Å². The largest absolute Gasteiger partial charge is 0.457 e. The highest BCUT2D eigenvalue weighted by Crippen LogP contribution is 2.23. The van der Waals surface area contributed by atoms with Crippen LogP contribution in [0.5, 0.6) is 11.5 Å². The molecule has 28 heavy (non-hydrogen) atoms. The molecule has 1 amide bonds. The Morgan fingerprint density at radius 2 is 1.93 bits per heavy atom. The Hall–Kier alpha value is -3.41. The number of carbonyl (C=O) groups excluding carboxylic acids is 1. The van der Waals surface area contributed by atoms with Gasteiger partial charge in [0.1, 0.15) is 23.1 Å². The van der Waals surface area contributed by atoms with Gasteiger partial charge in [0.25, 0.3) is 5.91 Å². The predicted octanol–water partition coefficient (Wildman–Crippen LogP) is 4.02. The van der Waals surface area contributed by atoms with Crippen molar-refractivity contribution in [1.82, 2.24) is 10.3 Å². The highest BCUT2D eigenvalue weighted by Gasteiger charge is 2.25. The Bertz CT molecular complexity index is 948. The lowest BCUT2D eigenvalue weighted by Gasteiger charge is -2.17. The van der Waals surface area contributed by atoms with Gasteiger partial charge < -0.3 is 15.0 Å². The number of nitrogens with one attached hydrogen (secondary N) is 1. The number of hydrogen-bond acceptors (Lipinski definition) is 4. The quantitative estimate of drug-likeness (QED) is 0.730. The third-order valence-corrected chi connectivity index (χ3v) is 4.64. The average molecular weight is 377 g/mol. The van der Waals surface area contributed by atoms with Gasteiger partial charge in [0.15, 0.2) is 0 Å². The standard InChI is InChI=1S/C22H20FN3O2/c23-17-7-9-19(10-8-17)28-20-5-3-4-16(14-20)22(27)25-18-11-13-26(15-18)21-6-1-2-12-24-21/h1-10,12,14,18H,11,13,15H2,(H,25,27)/t18-/m0/s1. The number of hydrogen-bond donors (Lipinski definition) is 1. The van der Waals surface area contributed by atoms with E-state index in [1.165, 1.54) is 12.1 Å². The minimum Gasteiger partial charge on any atom is -0.457 e. The van der Waals surface area contributed by atoms with Crippen molar-refractivity contribution in [3.05, 3.63) is 84.3 Å². The van der Waals surface area contributed by atoms with E-state index in [4.69, 9.17) is 4.74 Å². The molecule has 1 saturated heterocycles. The van der Waals surface area contributed by atoms with Gasteiger partial charge in [0, 0.05) is 30.9 Å². The minimum absolute atomic E-state index is 0.0659. The van der Waals surface area contributed by atoms with Gasteiger partial charge in [-0.05, 0) is 61.0 Å². The Labute approximate surface area is 162 Å². The van der Waals surface area contributed by atoms with Crippen LogP contribution in [0.25, 0.3) is 0 Å². The zero-order valence-corrected chi connectivity index (χ0v) is 15.2. The van der Waals surface area contributed by atoms with Crippen molar-refractivity contribution < 1.29 is 13.9 Å². The summed E-state index contributed by atoms with van der Waals surface area (Å²) in [6, 6.07) is 18.6. The van der Waals surface area contributed by atoms with E-state index in [0.29, 0.717) is 17.1 Å². The van der Waals surface area contributed by atoms with Gasteiger partial charge in [0.2, 0.25) is 0 Å². The lowest BCUT2D eigenvalue weighted by Crippen LogP contribution is -2.37. The van der Waals surface area contributed by atoms with E-state index in [-0.39, 0.29) is 17.8 Å². The minimum atomic E-state index is -0.322. The molecule has 1 atom stereocenters. The first-order chi connectivity index (χ1) is 13.7. The normalized spacial score (nSPS) is 16.0. The van der Waals surface area contributed by atoms with Gasteiger partial charge in [-0.3, -0.25) is 4.79 Å². The predicted molar refractivity (Wildman–Crippen MR) is 105 cm³/mol. The number of pyridine rings is 1. The van der Waals surface area contributed by atoms with Crippen molar-refractivity contribution in [3.63, 3.8) is 0 Å². The maximum absolute atomic E-state index is 13.0. The fraction of sp³-hybridized carbons (Fsp3) is 0.182. The van der Waals surface area contributed by atoms with Crippen LogP contribution in [0.2, 0.25) is 0 Å². The molecule has 5 nitrogen and oxygen atoms in total. The van der Waals surface area contributed by atoms with E-state index in [2.05, 4.69) is 15.2 Å². The highest BCUT2D eigenvalue weighted by atomic mass is 19.1. The Kier molecular flexibility index (Phi) is 5.19. The van der Waals surface area contributed by atoms with Crippen molar-refractivity contribution in [1.29, 1.82) is 0 Å². The molecule has 0 bridgehead atoms. The molecule has 2 aromatic carbocycles. The number of nitrogens with zero attached hydrogens (tertiary/aromatic N) is 2. The van der Waals surface area contributed by atoms with Crippen molar-refractivity contribution in [3.8, 4) is 11.5 Å². The number of halogens is 1. The number of rotatable bonds is 5. The molecule has 1 aliphatic rings. The van der Waals surface area contributed by atoms with E-state index in [9.17, 15) is 9.18 Å². The van der Waals surface area contributed by atoms with Gasteiger partial charge in [0.05, 0.1) is 0 Å². The first-order valence-corrected chi connectivity index (χ1v) is 9.18. The molecule has 0 spiro atoms. The summed E-state index contributed by atoms with van der Waals surface area (Å²) < 4.78 is 18.7. The van der Waals surface area contributed by atoms with E-state index in [0.717, 1.165) is 25.3 Å². The molecule has 6 heteroatoms. The zero-order valence-electron chi connectivity index (χ0n) is 15.2. The van der Waals surface area contributed by atoms with Gasteiger partial charge >= 0.3 is 0 Å². The van der Waals surface area contributed by atoms with Crippen LogP contribution in [0.4, 0.5) is 10.2 Å². The van der Waals surface area contributed by atoms with Crippen molar-refractivity contribution >= 4 is 11.7 Å². The second-order valence-corrected chi connectivity index (χ2v) is 6.68. The molecule has 0 aliphatic carbocycles. The summed E-state index contributed by atoms with van der Waals surface area (Å²) >= 11 is 0. The van der Waals surface area contributed by atoms with Gasteiger partial charge in [-0.1, -0.05) is 12.1 Å². The van der Waals surface area contributed by atoms with Crippen LogP contribution in [0.15, 0.2) is 72.9 Å². The number of ether oxygens (including phenoxy) is 1. The molecule has 0 unspecified atom stereocenters. The summed E-state index contributed by atoms with van der Waals surface area (Å²) in [5.74, 6) is 1.50. The second-order valence-electron chi connectivity index (χ2n) is 6.68. The number of amides is 1. The van der Waals surface area contributed by atoms with Crippen LogP contribution in [0, 0.1) is 5.82 Å².